The van der Waals surface area contributed by atoms with Crippen molar-refractivity contribution in [2.75, 3.05) is 31.6 Å². The molecule has 0 saturated carbocycles. The molecule has 32 heavy (non-hydrogen) atoms. The summed E-state index contributed by atoms with van der Waals surface area (Å²) in [6, 6.07) is 12.4. The molecule has 0 radical (unpaired) electrons. The summed E-state index contributed by atoms with van der Waals surface area (Å²) in [6.45, 7) is 1.45. The van der Waals surface area contributed by atoms with Crippen LogP contribution in [0.1, 0.15) is 27.9 Å². The van der Waals surface area contributed by atoms with Crippen molar-refractivity contribution in [3.63, 3.8) is 0 Å². The molecule has 0 unspecified atom stereocenters. The summed E-state index contributed by atoms with van der Waals surface area (Å²) in [4.78, 5) is 17.4. The van der Waals surface area contributed by atoms with Gasteiger partial charge < -0.3 is 4.74 Å². The Bertz CT molecular complexity index is 1250. The lowest BCUT2D eigenvalue weighted by Gasteiger charge is -2.26. The number of hydrogen-bond donors (Lipinski definition) is 1. The first kappa shape index (κ1) is 21.3. The highest BCUT2D eigenvalue weighted by molar-refractivity contribution is 7.89. The molecule has 1 amide bonds. The molecular weight excluding hydrogens is 446 g/mol. The van der Waals surface area contributed by atoms with Gasteiger partial charge >= 0.3 is 0 Å². The summed E-state index contributed by atoms with van der Waals surface area (Å²) in [5.74, 6) is -0.324. The quantitative estimate of drug-likeness (QED) is 0.617. The van der Waals surface area contributed by atoms with Crippen LogP contribution in [0.2, 0.25) is 0 Å². The van der Waals surface area contributed by atoms with Crippen LogP contribution in [0.5, 0.6) is 0 Å². The minimum absolute atomic E-state index is 0.170. The Labute approximate surface area is 191 Å². The summed E-state index contributed by atoms with van der Waals surface area (Å²) in [7, 11) is -3.58. The van der Waals surface area contributed by atoms with Crippen molar-refractivity contribution in [3.8, 4) is 11.3 Å². The number of rotatable bonds is 5. The summed E-state index contributed by atoms with van der Waals surface area (Å²) in [6.07, 6.45) is 3.44. The van der Waals surface area contributed by atoms with Crippen LogP contribution in [-0.2, 0) is 27.6 Å². The van der Waals surface area contributed by atoms with E-state index >= 15 is 0 Å². The van der Waals surface area contributed by atoms with Crippen molar-refractivity contribution >= 4 is 32.4 Å². The Hall–Kier alpha value is -2.59. The summed E-state index contributed by atoms with van der Waals surface area (Å²) >= 11 is 1.37. The Morgan fingerprint density at radius 2 is 1.78 bits per heavy atom. The van der Waals surface area contributed by atoms with E-state index in [1.807, 2.05) is 5.38 Å². The molecule has 5 rings (SSSR count). The van der Waals surface area contributed by atoms with E-state index in [1.165, 1.54) is 57.5 Å². The number of fused-ring (bicyclic) bond motifs is 1. The van der Waals surface area contributed by atoms with Crippen molar-refractivity contribution in [1.29, 1.82) is 0 Å². The van der Waals surface area contributed by atoms with Crippen LogP contribution in [0, 0.1) is 0 Å². The summed E-state index contributed by atoms with van der Waals surface area (Å²) in [5, 5.41) is 5.26. The van der Waals surface area contributed by atoms with Gasteiger partial charge in [0, 0.05) is 29.6 Å². The Balaban J connectivity index is 1.27. The van der Waals surface area contributed by atoms with Crippen LogP contribution in [0.15, 0.2) is 52.7 Å². The molecule has 7 nitrogen and oxygen atoms in total. The number of hydrogen-bond acceptors (Lipinski definition) is 6. The molecule has 166 valence electrons. The number of aryl methyl sites for hydroxylation is 2. The average Bonchev–Trinajstić information content (AvgIpc) is 3.48. The number of morpholine rings is 1. The smallest absolute Gasteiger partial charge is 0.257 e. The van der Waals surface area contributed by atoms with Crippen LogP contribution in [0.3, 0.4) is 0 Å². The minimum Gasteiger partial charge on any atom is -0.379 e. The van der Waals surface area contributed by atoms with Gasteiger partial charge in [0.25, 0.3) is 5.91 Å². The van der Waals surface area contributed by atoms with Gasteiger partial charge in [-0.25, -0.2) is 13.4 Å². The number of ether oxygens (including phenoxy) is 1. The van der Waals surface area contributed by atoms with Gasteiger partial charge in [0.2, 0.25) is 10.0 Å². The predicted octanol–water partition coefficient (Wildman–Crippen LogP) is 3.57. The van der Waals surface area contributed by atoms with Gasteiger partial charge in [0.1, 0.15) is 0 Å². The highest BCUT2D eigenvalue weighted by Crippen LogP contribution is 2.30. The maximum atomic E-state index is 12.7. The first-order valence-corrected chi connectivity index (χ1v) is 12.9. The summed E-state index contributed by atoms with van der Waals surface area (Å²) in [5.41, 5.74) is 5.07. The van der Waals surface area contributed by atoms with Gasteiger partial charge in [0.15, 0.2) is 5.13 Å². The predicted molar refractivity (Wildman–Crippen MR) is 124 cm³/mol. The van der Waals surface area contributed by atoms with Crippen LogP contribution in [0.4, 0.5) is 5.13 Å². The molecule has 0 atom stereocenters. The number of thiazole rings is 1. The van der Waals surface area contributed by atoms with Gasteiger partial charge in [0.05, 0.1) is 23.8 Å². The van der Waals surface area contributed by atoms with E-state index in [0.717, 1.165) is 24.1 Å². The zero-order chi connectivity index (χ0) is 22.1. The molecule has 1 aromatic heterocycles. The number of nitrogens with one attached hydrogen (secondary N) is 1. The van der Waals surface area contributed by atoms with E-state index in [9.17, 15) is 13.2 Å². The Morgan fingerprint density at radius 1 is 1.03 bits per heavy atom. The third-order valence-electron chi connectivity index (χ3n) is 5.84. The van der Waals surface area contributed by atoms with Gasteiger partial charge in [-0.2, -0.15) is 4.31 Å². The highest BCUT2D eigenvalue weighted by atomic mass is 32.2. The maximum absolute atomic E-state index is 12.7. The zero-order valence-corrected chi connectivity index (χ0v) is 19.0. The SMILES string of the molecule is O=C(Nc1nc(-c2ccc3c(c2)CCC3)cs1)c1ccc(S(=O)(=O)N2CCOCC2)cc1. The molecule has 1 fully saturated rings. The molecule has 3 aromatic rings. The van der Waals surface area contributed by atoms with Crippen molar-refractivity contribution in [1.82, 2.24) is 9.29 Å². The van der Waals surface area contributed by atoms with Crippen molar-refractivity contribution in [2.24, 2.45) is 0 Å². The fourth-order valence-corrected chi connectivity index (χ4v) is 6.20. The van der Waals surface area contributed by atoms with E-state index in [0.29, 0.717) is 37.0 Å². The molecular formula is C23H23N3O4S2. The molecule has 1 saturated heterocycles. The van der Waals surface area contributed by atoms with Crippen LogP contribution < -0.4 is 5.32 Å². The molecule has 1 aliphatic carbocycles. The third-order valence-corrected chi connectivity index (χ3v) is 8.51. The lowest BCUT2D eigenvalue weighted by molar-refractivity contribution is 0.0730. The van der Waals surface area contributed by atoms with Crippen molar-refractivity contribution in [3.05, 3.63) is 64.5 Å². The molecule has 1 N–H and O–H groups in total. The van der Waals surface area contributed by atoms with Gasteiger partial charge in [-0.3, -0.25) is 10.1 Å². The number of amides is 1. The standard InChI is InChI=1S/C23H23N3O4S2/c27-22(17-6-8-20(9-7-17)32(28,29)26-10-12-30-13-11-26)25-23-24-21(15-31-23)19-5-4-16-2-1-3-18(16)14-19/h4-9,14-15H,1-3,10-13H2,(H,24,25,27). The topological polar surface area (TPSA) is 88.6 Å². The largest absolute Gasteiger partial charge is 0.379 e. The van der Waals surface area contributed by atoms with Crippen molar-refractivity contribution in [2.45, 2.75) is 24.2 Å². The number of anilines is 1. The average molecular weight is 470 g/mol. The zero-order valence-electron chi connectivity index (χ0n) is 17.4. The van der Waals surface area contributed by atoms with E-state index in [-0.39, 0.29) is 10.8 Å². The molecule has 2 aliphatic rings. The van der Waals surface area contributed by atoms with E-state index in [1.54, 1.807) is 0 Å². The lowest BCUT2D eigenvalue weighted by atomic mass is 10.1. The number of nitrogens with zero attached hydrogens (tertiary/aromatic N) is 2. The monoisotopic (exact) mass is 469 g/mol. The second-order valence-corrected chi connectivity index (χ2v) is 10.7. The van der Waals surface area contributed by atoms with Gasteiger partial charge in [-0.15, -0.1) is 11.3 Å². The minimum atomic E-state index is -3.58. The van der Waals surface area contributed by atoms with Crippen LogP contribution in [-0.4, -0.2) is 49.9 Å². The number of benzene rings is 2. The number of carbonyl (C=O) groups excluding carboxylic acids is 1. The molecule has 2 heterocycles. The molecule has 9 heteroatoms. The second-order valence-electron chi connectivity index (χ2n) is 7.87. The molecule has 2 aromatic carbocycles. The fraction of sp³-hybridized carbons (Fsp3) is 0.304. The first-order chi connectivity index (χ1) is 15.5. The van der Waals surface area contributed by atoms with E-state index < -0.39 is 10.0 Å². The Kier molecular flexibility index (Phi) is 5.81. The second kappa shape index (κ2) is 8.74. The number of aromatic nitrogens is 1. The third kappa shape index (κ3) is 4.21. The molecule has 0 spiro atoms. The van der Waals surface area contributed by atoms with Crippen molar-refractivity contribution < 1.29 is 17.9 Å². The fourth-order valence-electron chi connectivity index (χ4n) is 4.08. The van der Waals surface area contributed by atoms with Gasteiger partial charge in [-0.1, -0.05) is 12.1 Å². The maximum Gasteiger partial charge on any atom is 0.257 e. The summed E-state index contributed by atoms with van der Waals surface area (Å²) < 4.78 is 32.1. The number of carbonyl (C=O) groups is 1. The number of sulfonamides is 1. The Morgan fingerprint density at radius 3 is 2.56 bits per heavy atom. The van der Waals surface area contributed by atoms with Crippen LogP contribution in [0.25, 0.3) is 11.3 Å². The van der Waals surface area contributed by atoms with Gasteiger partial charge in [-0.05, 0) is 60.7 Å². The lowest BCUT2D eigenvalue weighted by Crippen LogP contribution is -2.40. The normalized spacial score (nSPS) is 16.6. The first-order valence-electron chi connectivity index (χ1n) is 10.6. The molecule has 0 bridgehead atoms. The molecule has 1 aliphatic heterocycles. The van der Waals surface area contributed by atoms with E-state index in [4.69, 9.17) is 4.74 Å². The van der Waals surface area contributed by atoms with Crippen LogP contribution >= 0.6 is 11.3 Å². The van der Waals surface area contributed by atoms with E-state index in [2.05, 4.69) is 28.5 Å². The highest BCUT2D eigenvalue weighted by Gasteiger charge is 2.26.